The Labute approximate surface area is 99.0 Å². The molecule has 0 radical (unpaired) electrons. The monoisotopic (exact) mass is 235 g/mol. The first kappa shape index (κ1) is 11.2. The molecule has 4 heteroatoms. The van der Waals surface area contributed by atoms with Crippen molar-refractivity contribution < 1.29 is 9.59 Å². The summed E-state index contributed by atoms with van der Waals surface area (Å²) in [5.41, 5.74) is 2.19. The second-order valence-corrected chi connectivity index (χ2v) is 4.85. The first-order valence-corrected chi connectivity index (χ1v) is 5.97. The molecule has 1 saturated heterocycles. The number of amides is 2. The van der Waals surface area contributed by atoms with E-state index >= 15 is 0 Å². The van der Waals surface area contributed by atoms with Crippen molar-refractivity contribution in [3.63, 3.8) is 0 Å². The number of aryl methyl sites for hydroxylation is 2. The molecule has 1 aliphatic rings. The largest absolute Gasteiger partial charge is 0.273 e. The van der Waals surface area contributed by atoms with Crippen molar-refractivity contribution >= 4 is 23.8 Å². The summed E-state index contributed by atoms with van der Waals surface area (Å²) in [6.07, 6.45) is 0.688. The number of carbonyl (C=O) groups excluding carboxylic acids is 2. The van der Waals surface area contributed by atoms with Crippen LogP contribution in [0, 0.1) is 13.8 Å². The summed E-state index contributed by atoms with van der Waals surface area (Å²) in [5.74, 6) is -0.171. The van der Waals surface area contributed by atoms with Gasteiger partial charge in [-0.1, -0.05) is 18.2 Å². The summed E-state index contributed by atoms with van der Waals surface area (Å²) in [5, 5.41) is 0. The smallest absolute Gasteiger partial charge is 0.240 e. The third-order valence-electron chi connectivity index (χ3n) is 2.60. The Morgan fingerprint density at radius 3 is 2.06 bits per heavy atom. The molecule has 0 aliphatic carbocycles. The topological polar surface area (TPSA) is 37.4 Å². The van der Waals surface area contributed by atoms with Gasteiger partial charge in [0.05, 0.1) is 0 Å². The van der Waals surface area contributed by atoms with Crippen molar-refractivity contribution in [3.05, 3.63) is 29.3 Å². The number of rotatable bonds is 2. The highest BCUT2D eigenvalue weighted by Crippen LogP contribution is 2.32. The van der Waals surface area contributed by atoms with Crippen molar-refractivity contribution in [1.82, 2.24) is 4.31 Å². The molecular formula is C12H13NO2S. The first-order valence-electron chi connectivity index (χ1n) is 5.19. The van der Waals surface area contributed by atoms with Crippen LogP contribution in [0.1, 0.15) is 24.0 Å². The van der Waals surface area contributed by atoms with Crippen LogP contribution in [0.15, 0.2) is 23.1 Å². The fraction of sp³-hybridized carbons (Fsp3) is 0.333. The SMILES string of the molecule is Cc1cccc(C)c1SN1C(=O)CCC1=O. The lowest BCUT2D eigenvalue weighted by Crippen LogP contribution is -2.21. The van der Waals surface area contributed by atoms with Gasteiger partial charge in [0, 0.05) is 17.7 Å². The average molecular weight is 235 g/mol. The lowest BCUT2D eigenvalue weighted by molar-refractivity contribution is -0.131. The van der Waals surface area contributed by atoms with Crippen LogP contribution in [0.5, 0.6) is 0 Å². The minimum absolute atomic E-state index is 0.0855. The number of benzene rings is 1. The Morgan fingerprint density at radius 1 is 1.06 bits per heavy atom. The normalized spacial score (nSPS) is 16.0. The van der Waals surface area contributed by atoms with Crippen molar-refractivity contribution in [1.29, 1.82) is 0 Å². The fourth-order valence-electron chi connectivity index (χ4n) is 1.69. The van der Waals surface area contributed by atoms with Gasteiger partial charge in [-0.15, -0.1) is 0 Å². The molecule has 0 saturated carbocycles. The van der Waals surface area contributed by atoms with Gasteiger partial charge in [-0.2, -0.15) is 0 Å². The maximum Gasteiger partial charge on any atom is 0.240 e. The third kappa shape index (κ3) is 1.97. The summed E-state index contributed by atoms with van der Waals surface area (Å²) in [6.45, 7) is 3.97. The van der Waals surface area contributed by atoms with E-state index in [2.05, 4.69) is 0 Å². The van der Waals surface area contributed by atoms with Crippen LogP contribution >= 0.6 is 11.9 Å². The quantitative estimate of drug-likeness (QED) is 0.583. The summed E-state index contributed by atoms with van der Waals surface area (Å²) in [4.78, 5) is 24.0. The van der Waals surface area contributed by atoms with E-state index < -0.39 is 0 Å². The Balaban J connectivity index is 2.27. The molecule has 84 valence electrons. The van der Waals surface area contributed by atoms with Crippen LogP contribution in [-0.2, 0) is 9.59 Å². The predicted molar refractivity (Wildman–Crippen MR) is 62.9 cm³/mol. The van der Waals surface area contributed by atoms with E-state index in [1.165, 1.54) is 16.3 Å². The summed E-state index contributed by atoms with van der Waals surface area (Å²) in [6, 6.07) is 5.95. The summed E-state index contributed by atoms with van der Waals surface area (Å²) in [7, 11) is 0. The Morgan fingerprint density at radius 2 is 1.56 bits per heavy atom. The summed E-state index contributed by atoms with van der Waals surface area (Å²) < 4.78 is 1.29. The summed E-state index contributed by atoms with van der Waals surface area (Å²) >= 11 is 1.25. The molecule has 0 spiro atoms. The standard InChI is InChI=1S/C12H13NO2S/c1-8-4-3-5-9(2)12(8)16-13-10(14)6-7-11(13)15/h3-5H,6-7H2,1-2H3. The molecule has 1 heterocycles. The molecule has 1 aliphatic heterocycles. The van der Waals surface area contributed by atoms with Crippen molar-refractivity contribution in [2.75, 3.05) is 0 Å². The molecule has 2 rings (SSSR count). The second kappa shape index (κ2) is 4.29. The van der Waals surface area contributed by atoms with E-state index in [1.807, 2.05) is 32.0 Å². The van der Waals surface area contributed by atoms with Gasteiger partial charge in [0.15, 0.2) is 0 Å². The van der Waals surface area contributed by atoms with Gasteiger partial charge < -0.3 is 0 Å². The lowest BCUT2D eigenvalue weighted by atomic mass is 10.2. The molecule has 0 atom stereocenters. The van der Waals surface area contributed by atoms with Crippen LogP contribution in [-0.4, -0.2) is 16.1 Å². The van der Waals surface area contributed by atoms with Crippen LogP contribution in [0.2, 0.25) is 0 Å². The minimum Gasteiger partial charge on any atom is -0.273 e. The van der Waals surface area contributed by atoms with Gasteiger partial charge in [0.1, 0.15) is 0 Å². The molecule has 0 aromatic heterocycles. The Bertz CT molecular complexity index is 420. The van der Waals surface area contributed by atoms with Gasteiger partial charge in [0.2, 0.25) is 11.8 Å². The lowest BCUT2D eigenvalue weighted by Gasteiger charge is -2.15. The Kier molecular flexibility index (Phi) is 3.01. The predicted octanol–water partition coefficient (Wildman–Crippen LogP) is 2.46. The minimum atomic E-state index is -0.0855. The van der Waals surface area contributed by atoms with Gasteiger partial charge in [-0.05, 0) is 36.9 Å². The molecule has 2 amide bonds. The zero-order chi connectivity index (χ0) is 11.7. The molecule has 16 heavy (non-hydrogen) atoms. The van der Waals surface area contributed by atoms with Crippen LogP contribution < -0.4 is 0 Å². The Hall–Kier alpha value is -1.29. The zero-order valence-corrected chi connectivity index (χ0v) is 10.1. The zero-order valence-electron chi connectivity index (χ0n) is 9.32. The molecular weight excluding hydrogens is 222 g/mol. The second-order valence-electron chi connectivity index (χ2n) is 3.89. The van der Waals surface area contributed by atoms with Gasteiger partial charge in [0.25, 0.3) is 0 Å². The number of nitrogens with zero attached hydrogens (tertiary/aromatic N) is 1. The van der Waals surface area contributed by atoms with E-state index in [1.54, 1.807) is 0 Å². The van der Waals surface area contributed by atoms with Crippen molar-refractivity contribution in [2.24, 2.45) is 0 Å². The molecule has 1 aromatic carbocycles. The number of hydrogen-bond donors (Lipinski definition) is 0. The molecule has 1 fully saturated rings. The number of imide groups is 1. The van der Waals surface area contributed by atoms with Crippen molar-refractivity contribution in [2.45, 2.75) is 31.6 Å². The van der Waals surface area contributed by atoms with Gasteiger partial charge in [-0.25, -0.2) is 4.31 Å². The molecule has 0 N–H and O–H groups in total. The van der Waals surface area contributed by atoms with Crippen LogP contribution in [0.25, 0.3) is 0 Å². The fourth-order valence-corrected chi connectivity index (χ4v) is 2.69. The molecule has 0 bridgehead atoms. The van der Waals surface area contributed by atoms with E-state index in [0.29, 0.717) is 12.8 Å². The van der Waals surface area contributed by atoms with Crippen LogP contribution in [0.3, 0.4) is 0 Å². The number of carbonyl (C=O) groups is 2. The molecule has 1 aromatic rings. The maximum absolute atomic E-state index is 11.5. The highest BCUT2D eigenvalue weighted by atomic mass is 32.2. The molecule has 0 unspecified atom stereocenters. The van der Waals surface area contributed by atoms with Gasteiger partial charge in [-0.3, -0.25) is 9.59 Å². The van der Waals surface area contributed by atoms with E-state index in [0.717, 1.165) is 16.0 Å². The van der Waals surface area contributed by atoms with Gasteiger partial charge >= 0.3 is 0 Å². The highest BCUT2D eigenvalue weighted by molar-refractivity contribution is 7.98. The van der Waals surface area contributed by atoms with Crippen molar-refractivity contribution in [3.8, 4) is 0 Å². The average Bonchev–Trinajstić information content (AvgIpc) is 2.54. The number of hydrogen-bond acceptors (Lipinski definition) is 3. The molecule has 3 nitrogen and oxygen atoms in total. The van der Waals surface area contributed by atoms with Crippen LogP contribution in [0.4, 0.5) is 0 Å². The first-order chi connectivity index (χ1) is 7.59. The van der Waals surface area contributed by atoms with E-state index in [9.17, 15) is 9.59 Å². The van der Waals surface area contributed by atoms with E-state index in [-0.39, 0.29) is 11.8 Å². The highest BCUT2D eigenvalue weighted by Gasteiger charge is 2.30. The maximum atomic E-state index is 11.5. The third-order valence-corrected chi connectivity index (χ3v) is 4.01. The van der Waals surface area contributed by atoms with E-state index in [4.69, 9.17) is 0 Å².